The van der Waals surface area contributed by atoms with E-state index >= 15 is 0 Å². The van der Waals surface area contributed by atoms with Gasteiger partial charge in [-0.05, 0) is 58.4 Å². The molecule has 0 aliphatic heterocycles. The Morgan fingerprint density at radius 1 is 0.682 bits per heavy atom. The fraction of sp³-hybridized carbons (Fsp3) is 0.731. The maximum absolute atomic E-state index is 13.4. The highest BCUT2D eigenvalue weighted by atomic mass is 16.4. The Kier molecular flexibility index (Phi) is 20.2. The molecular formula is C26H51N11O7. The third-order valence-electron chi connectivity index (χ3n) is 6.38. The van der Waals surface area contributed by atoms with Gasteiger partial charge in [-0.2, -0.15) is 0 Å². The summed E-state index contributed by atoms with van der Waals surface area (Å²) in [6, 6.07) is -4.19. The number of guanidine groups is 2. The number of nitrogens with one attached hydrogen (secondary N) is 4. The van der Waals surface area contributed by atoms with Crippen LogP contribution in [0.15, 0.2) is 9.98 Å². The van der Waals surface area contributed by atoms with E-state index in [4.69, 9.17) is 28.7 Å². The van der Waals surface area contributed by atoms with Crippen LogP contribution < -0.4 is 49.9 Å². The first-order valence-electron chi connectivity index (χ1n) is 14.6. The van der Waals surface area contributed by atoms with Gasteiger partial charge in [-0.15, -0.1) is 0 Å². The van der Waals surface area contributed by atoms with Crippen molar-refractivity contribution in [2.45, 2.75) is 102 Å². The Hall–Kier alpha value is -4.19. The maximum Gasteiger partial charge on any atom is 0.303 e. The summed E-state index contributed by atoms with van der Waals surface area (Å²) >= 11 is 0. The summed E-state index contributed by atoms with van der Waals surface area (Å²) in [5.41, 5.74) is 26.9. The predicted molar refractivity (Wildman–Crippen MR) is 165 cm³/mol. The molecule has 0 saturated carbocycles. The van der Waals surface area contributed by atoms with Crippen LogP contribution in [0.25, 0.3) is 0 Å². The van der Waals surface area contributed by atoms with Crippen molar-refractivity contribution in [1.82, 2.24) is 21.3 Å². The minimum absolute atomic E-state index is 0.0859. The number of nitrogens with zero attached hydrogens (tertiary/aromatic N) is 2. The fourth-order valence-electron chi connectivity index (χ4n) is 4.10. The van der Waals surface area contributed by atoms with Gasteiger partial charge in [0.15, 0.2) is 11.9 Å². The van der Waals surface area contributed by atoms with Crippen LogP contribution in [0.2, 0.25) is 0 Å². The Morgan fingerprint density at radius 3 is 1.55 bits per heavy atom. The Labute approximate surface area is 257 Å². The average molecular weight is 630 g/mol. The van der Waals surface area contributed by atoms with Gasteiger partial charge < -0.3 is 60.1 Å². The summed E-state index contributed by atoms with van der Waals surface area (Å²) in [5, 5.41) is 29.8. The molecule has 0 aliphatic carbocycles. The zero-order chi connectivity index (χ0) is 33.7. The van der Waals surface area contributed by atoms with Gasteiger partial charge in [-0.25, -0.2) is 0 Å². The van der Waals surface area contributed by atoms with Gasteiger partial charge >= 0.3 is 5.97 Å². The molecule has 18 nitrogen and oxygen atoms in total. The maximum atomic E-state index is 13.4. The van der Waals surface area contributed by atoms with Crippen LogP contribution in [-0.2, 0) is 24.0 Å². The van der Waals surface area contributed by atoms with Crippen LogP contribution in [0.5, 0.6) is 0 Å². The van der Waals surface area contributed by atoms with Crippen molar-refractivity contribution in [3.8, 4) is 0 Å². The molecule has 0 unspecified atom stereocenters. The fourth-order valence-corrected chi connectivity index (χ4v) is 4.10. The van der Waals surface area contributed by atoms with Gasteiger partial charge in [-0.1, -0.05) is 6.42 Å². The van der Waals surface area contributed by atoms with E-state index in [1.807, 2.05) is 0 Å². The van der Waals surface area contributed by atoms with Gasteiger partial charge in [0, 0.05) is 26.4 Å². The molecule has 0 aromatic carbocycles. The summed E-state index contributed by atoms with van der Waals surface area (Å²) in [7, 11) is 0. The van der Waals surface area contributed by atoms with E-state index in [1.54, 1.807) is 0 Å². The van der Waals surface area contributed by atoms with Crippen molar-refractivity contribution in [2.75, 3.05) is 19.6 Å². The number of carbonyl (C=O) groups excluding carboxylic acids is 4. The first-order valence-corrected chi connectivity index (χ1v) is 14.6. The van der Waals surface area contributed by atoms with Crippen LogP contribution in [-0.4, -0.2) is 102 Å². The number of aliphatic carboxylic acids is 1. The van der Waals surface area contributed by atoms with E-state index < -0.39 is 66.3 Å². The summed E-state index contributed by atoms with van der Waals surface area (Å²) in [5.74, 6) is -4.15. The number of aliphatic hydroxyl groups excluding tert-OH is 1. The minimum atomic E-state index is -1.36. The molecule has 0 saturated heterocycles. The second kappa shape index (κ2) is 22.4. The van der Waals surface area contributed by atoms with Gasteiger partial charge in [0.2, 0.25) is 23.6 Å². The number of carboxylic acid groups (broad SMARTS) is 1. The molecular weight excluding hydrogens is 578 g/mol. The highest BCUT2D eigenvalue weighted by molar-refractivity contribution is 5.94. The number of aliphatic imine (C=N–C) groups is 2. The predicted octanol–water partition coefficient (Wildman–Crippen LogP) is -3.57. The number of amides is 4. The van der Waals surface area contributed by atoms with Crippen LogP contribution >= 0.6 is 0 Å². The smallest absolute Gasteiger partial charge is 0.303 e. The minimum Gasteiger partial charge on any atom is -0.481 e. The van der Waals surface area contributed by atoms with Gasteiger partial charge in [-0.3, -0.25) is 34.0 Å². The first-order chi connectivity index (χ1) is 20.7. The Morgan fingerprint density at radius 2 is 1.14 bits per heavy atom. The van der Waals surface area contributed by atoms with E-state index in [0.717, 1.165) is 0 Å². The largest absolute Gasteiger partial charge is 0.481 e. The second-order valence-corrected chi connectivity index (χ2v) is 10.3. The molecule has 0 radical (unpaired) electrons. The number of hydrogen-bond donors (Lipinski definition) is 11. The van der Waals surface area contributed by atoms with Crippen LogP contribution in [0, 0.1) is 0 Å². The molecule has 18 heteroatoms. The average Bonchev–Trinajstić information content (AvgIpc) is 2.92. The molecule has 16 N–H and O–H groups in total. The van der Waals surface area contributed by atoms with Crippen LogP contribution in [0.1, 0.15) is 71.6 Å². The van der Waals surface area contributed by atoms with E-state index in [-0.39, 0.29) is 50.7 Å². The van der Waals surface area contributed by atoms with Crippen LogP contribution in [0.4, 0.5) is 0 Å². The van der Waals surface area contributed by atoms with Crippen molar-refractivity contribution in [3.05, 3.63) is 0 Å². The molecule has 252 valence electrons. The molecule has 0 spiro atoms. The van der Waals surface area contributed by atoms with Gasteiger partial charge in [0.25, 0.3) is 0 Å². The Balaban J connectivity index is 5.90. The van der Waals surface area contributed by atoms with Gasteiger partial charge in [0.05, 0.1) is 12.1 Å². The topological polar surface area (TPSA) is 329 Å². The van der Waals surface area contributed by atoms with Crippen molar-refractivity contribution in [3.63, 3.8) is 0 Å². The van der Waals surface area contributed by atoms with Gasteiger partial charge in [0.1, 0.15) is 18.1 Å². The molecule has 0 aromatic rings. The zero-order valence-electron chi connectivity index (χ0n) is 25.6. The lowest BCUT2D eigenvalue weighted by Gasteiger charge is -2.27. The lowest BCUT2D eigenvalue weighted by Crippen LogP contribution is -2.57. The summed E-state index contributed by atoms with van der Waals surface area (Å²) in [6.07, 6.45) is 0.931. The van der Waals surface area contributed by atoms with Crippen molar-refractivity contribution >= 4 is 41.5 Å². The van der Waals surface area contributed by atoms with E-state index in [0.29, 0.717) is 32.2 Å². The van der Waals surface area contributed by atoms with Crippen LogP contribution in [0.3, 0.4) is 0 Å². The summed E-state index contributed by atoms with van der Waals surface area (Å²) in [4.78, 5) is 70.5. The second-order valence-electron chi connectivity index (χ2n) is 10.3. The number of nitrogens with two attached hydrogens (primary N) is 5. The number of aliphatic hydroxyl groups is 1. The van der Waals surface area contributed by atoms with E-state index in [1.165, 1.54) is 13.8 Å². The van der Waals surface area contributed by atoms with Crippen molar-refractivity contribution in [1.29, 1.82) is 0 Å². The lowest BCUT2D eigenvalue weighted by atomic mass is 10.0. The quantitative estimate of drug-likeness (QED) is 0.0297. The standard InChI is InChI=1S/C26H51N11O7/c1-15(38)17(7-3-4-12-27)35-23(43)19(9-6-14-33-26(30)31)36-24(44)20(10-11-21(40)41)37-22(42)18(34-16(2)39)8-5-13-32-25(28)29/h15,17-20,38H,3-14,27H2,1-2H3,(H,34,39)(H,35,43)(H,36,44)(H,37,42)(H,40,41)(H4,28,29,32)(H4,30,31,33)/t15-,17+,18+,19+,20+/m1/s1. The van der Waals surface area contributed by atoms with Crippen molar-refractivity contribution < 1.29 is 34.2 Å². The molecule has 0 aromatic heterocycles. The normalized spacial score (nSPS) is 14.1. The Bertz CT molecular complexity index is 983. The molecule has 0 rings (SSSR count). The summed E-state index contributed by atoms with van der Waals surface area (Å²) < 4.78 is 0. The third-order valence-corrected chi connectivity index (χ3v) is 6.38. The highest BCUT2D eigenvalue weighted by Gasteiger charge is 2.30. The van der Waals surface area contributed by atoms with E-state index in [2.05, 4.69) is 31.3 Å². The molecule has 0 fully saturated rings. The van der Waals surface area contributed by atoms with E-state index in [9.17, 15) is 34.2 Å². The number of hydrogen-bond acceptors (Lipinski definition) is 9. The molecule has 0 heterocycles. The summed E-state index contributed by atoms with van der Waals surface area (Å²) in [6.45, 7) is 3.54. The first kappa shape index (κ1) is 39.8. The molecule has 0 aliphatic rings. The molecule has 5 atom stereocenters. The molecule has 4 amide bonds. The monoisotopic (exact) mass is 629 g/mol. The van der Waals surface area contributed by atoms with Crippen molar-refractivity contribution in [2.24, 2.45) is 38.7 Å². The molecule has 0 bridgehead atoms. The molecule has 44 heavy (non-hydrogen) atoms. The number of unbranched alkanes of at least 4 members (excludes halogenated alkanes) is 1. The number of rotatable bonds is 23. The number of carboxylic acids is 1. The zero-order valence-corrected chi connectivity index (χ0v) is 25.6. The lowest BCUT2D eigenvalue weighted by molar-refractivity contribution is -0.138. The highest BCUT2D eigenvalue weighted by Crippen LogP contribution is 2.09. The number of carbonyl (C=O) groups is 5. The SMILES string of the molecule is CC(=O)N[C@@H](CCCN=C(N)N)C(=O)N[C@@H](CCC(=O)O)C(=O)N[C@@H](CCCN=C(N)N)C(=O)N[C@@H](CCCCN)[C@@H](C)O. The third kappa shape index (κ3) is 19.1.